The molecule has 1 fully saturated rings. The molecule has 1 aliphatic heterocycles. The van der Waals surface area contributed by atoms with Gasteiger partial charge >= 0.3 is 0 Å². The van der Waals surface area contributed by atoms with E-state index in [0.717, 1.165) is 37.6 Å². The molecule has 112 valence electrons. The van der Waals surface area contributed by atoms with Gasteiger partial charge in [0.25, 0.3) is 0 Å². The van der Waals surface area contributed by atoms with Crippen molar-refractivity contribution in [1.82, 2.24) is 4.90 Å². The fraction of sp³-hybridized carbons (Fsp3) is 0.938. The monoisotopic (exact) mass is 285 g/mol. The topological polar surface area (TPSA) is 20.3 Å². The highest BCUT2D eigenvalue weighted by molar-refractivity contribution is 7.80. The summed E-state index contributed by atoms with van der Waals surface area (Å²) in [5, 5.41) is 0. The molecule has 1 amide bonds. The predicted molar refractivity (Wildman–Crippen MR) is 85.6 cm³/mol. The highest BCUT2D eigenvalue weighted by atomic mass is 32.1. The van der Waals surface area contributed by atoms with Crippen molar-refractivity contribution in [1.29, 1.82) is 0 Å². The summed E-state index contributed by atoms with van der Waals surface area (Å²) in [5.41, 5.74) is 0.219. The van der Waals surface area contributed by atoms with E-state index in [1.165, 1.54) is 19.3 Å². The third kappa shape index (κ3) is 5.37. The molecule has 2 nitrogen and oxygen atoms in total. The van der Waals surface area contributed by atoms with Gasteiger partial charge in [0.1, 0.15) is 0 Å². The molecule has 2 atom stereocenters. The molecular formula is C16H31NOS. The first-order valence-electron chi connectivity index (χ1n) is 7.77. The van der Waals surface area contributed by atoms with Gasteiger partial charge in [-0.15, -0.1) is 0 Å². The quantitative estimate of drug-likeness (QED) is 0.757. The standard InChI is InChI=1S/C16H31NOS/c1-5-6-13-7-8-15(18)17(10-9-13)11-14(12-19)16(2,3)4/h13-14,19H,5-12H2,1-4H3. The molecule has 19 heavy (non-hydrogen) atoms. The fourth-order valence-corrected chi connectivity index (χ4v) is 3.52. The number of thiol groups is 1. The Kier molecular flexibility index (Phi) is 6.72. The molecule has 2 unspecified atom stereocenters. The first-order valence-corrected chi connectivity index (χ1v) is 8.40. The van der Waals surface area contributed by atoms with Crippen LogP contribution in [0.5, 0.6) is 0 Å². The summed E-state index contributed by atoms with van der Waals surface area (Å²) in [6, 6.07) is 0. The number of nitrogens with zero attached hydrogens (tertiary/aromatic N) is 1. The van der Waals surface area contributed by atoms with E-state index >= 15 is 0 Å². The van der Waals surface area contributed by atoms with E-state index in [0.29, 0.717) is 11.8 Å². The number of carbonyl (C=O) groups is 1. The number of likely N-dealkylation sites (tertiary alicyclic amines) is 1. The molecule has 1 aliphatic rings. The molecule has 1 saturated heterocycles. The Labute approximate surface area is 124 Å². The van der Waals surface area contributed by atoms with Gasteiger partial charge in [0.15, 0.2) is 0 Å². The third-order valence-electron chi connectivity index (χ3n) is 4.51. The molecule has 0 spiro atoms. The SMILES string of the molecule is CCCC1CCC(=O)N(CC(CS)C(C)(C)C)CC1. The van der Waals surface area contributed by atoms with Gasteiger partial charge in [-0.2, -0.15) is 12.6 Å². The summed E-state index contributed by atoms with van der Waals surface area (Å²) in [7, 11) is 0. The minimum atomic E-state index is 0.219. The molecule has 0 radical (unpaired) electrons. The summed E-state index contributed by atoms with van der Waals surface area (Å²) in [6.45, 7) is 10.8. The van der Waals surface area contributed by atoms with E-state index in [2.05, 4.69) is 45.2 Å². The van der Waals surface area contributed by atoms with Crippen LogP contribution < -0.4 is 0 Å². The fourth-order valence-electron chi connectivity index (χ4n) is 2.85. The average molecular weight is 285 g/mol. The van der Waals surface area contributed by atoms with Crippen molar-refractivity contribution in [2.45, 2.75) is 59.8 Å². The van der Waals surface area contributed by atoms with Gasteiger partial charge < -0.3 is 4.90 Å². The summed E-state index contributed by atoms with van der Waals surface area (Å²) >= 11 is 4.48. The van der Waals surface area contributed by atoms with Crippen LogP contribution in [0.15, 0.2) is 0 Å². The molecule has 0 N–H and O–H groups in total. The van der Waals surface area contributed by atoms with Gasteiger partial charge in [0.05, 0.1) is 0 Å². The Balaban J connectivity index is 2.59. The Bertz CT molecular complexity index is 285. The van der Waals surface area contributed by atoms with Crippen LogP contribution in [0.25, 0.3) is 0 Å². The normalized spacial score (nSPS) is 23.3. The van der Waals surface area contributed by atoms with E-state index in [4.69, 9.17) is 0 Å². The molecule has 0 aromatic heterocycles. The van der Waals surface area contributed by atoms with Gasteiger partial charge in [-0.05, 0) is 35.8 Å². The lowest BCUT2D eigenvalue weighted by Gasteiger charge is -2.34. The van der Waals surface area contributed by atoms with Gasteiger partial charge in [-0.1, -0.05) is 40.5 Å². The minimum Gasteiger partial charge on any atom is -0.342 e. The zero-order chi connectivity index (χ0) is 14.5. The maximum absolute atomic E-state index is 12.2. The van der Waals surface area contributed by atoms with E-state index in [9.17, 15) is 4.79 Å². The summed E-state index contributed by atoms with van der Waals surface area (Å²) in [4.78, 5) is 14.3. The molecule has 0 aliphatic carbocycles. The lowest BCUT2D eigenvalue weighted by atomic mass is 9.81. The van der Waals surface area contributed by atoms with E-state index < -0.39 is 0 Å². The van der Waals surface area contributed by atoms with Crippen molar-refractivity contribution in [3.05, 3.63) is 0 Å². The minimum absolute atomic E-state index is 0.219. The molecule has 0 aromatic carbocycles. The Morgan fingerprint density at radius 1 is 1.37 bits per heavy atom. The molecule has 0 aromatic rings. The second-order valence-corrected chi connectivity index (χ2v) is 7.43. The maximum Gasteiger partial charge on any atom is 0.222 e. The summed E-state index contributed by atoms with van der Waals surface area (Å²) in [6.07, 6.45) is 5.53. The van der Waals surface area contributed by atoms with Crippen LogP contribution >= 0.6 is 12.6 Å². The second-order valence-electron chi connectivity index (χ2n) is 7.07. The average Bonchev–Trinajstić information content (AvgIpc) is 2.49. The first-order chi connectivity index (χ1) is 8.88. The maximum atomic E-state index is 12.2. The zero-order valence-electron chi connectivity index (χ0n) is 13.1. The van der Waals surface area contributed by atoms with Crippen molar-refractivity contribution < 1.29 is 4.79 Å². The van der Waals surface area contributed by atoms with Crippen LogP contribution in [0.2, 0.25) is 0 Å². The van der Waals surface area contributed by atoms with E-state index in [1.807, 2.05) is 0 Å². The number of rotatable bonds is 5. The third-order valence-corrected chi connectivity index (χ3v) is 4.95. The Morgan fingerprint density at radius 3 is 2.58 bits per heavy atom. The number of hydrogen-bond acceptors (Lipinski definition) is 2. The van der Waals surface area contributed by atoms with Crippen LogP contribution in [0, 0.1) is 17.3 Å². The first kappa shape index (κ1) is 16.9. The molecular weight excluding hydrogens is 254 g/mol. The Morgan fingerprint density at radius 2 is 2.05 bits per heavy atom. The number of carbonyl (C=O) groups excluding carboxylic acids is 1. The van der Waals surface area contributed by atoms with Crippen molar-refractivity contribution in [2.75, 3.05) is 18.8 Å². The van der Waals surface area contributed by atoms with Crippen molar-refractivity contribution in [3.8, 4) is 0 Å². The van der Waals surface area contributed by atoms with E-state index in [-0.39, 0.29) is 5.41 Å². The largest absolute Gasteiger partial charge is 0.342 e. The van der Waals surface area contributed by atoms with Crippen LogP contribution in [0.3, 0.4) is 0 Å². The van der Waals surface area contributed by atoms with Crippen molar-refractivity contribution >= 4 is 18.5 Å². The Hall–Kier alpha value is -0.180. The van der Waals surface area contributed by atoms with Crippen molar-refractivity contribution in [2.24, 2.45) is 17.3 Å². The molecule has 0 saturated carbocycles. The van der Waals surface area contributed by atoms with Crippen LogP contribution in [-0.2, 0) is 4.79 Å². The lowest BCUT2D eigenvalue weighted by Crippen LogP contribution is -2.40. The number of hydrogen-bond donors (Lipinski definition) is 1. The molecule has 0 bridgehead atoms. The van der Waals surface area contributed by atoms with Crippen LogP contribution in [0.4, 0.5) is 0 Å². The lowest BCUT2D eigenvalue weighted by molar-refractivity contribution is -0.131. The van der Waals surface area contributed by atoms with Gasteiger partial charge in [0.2, 0.25) is 5.91 Å². The highest BCUT2D eigenvalue weighted by Crippen LogP contribution is 2.29. The molecule has 1 rings (SSSR count). The van der Waals surface area contributed by atoms with Gasteiger partial charge in [-0.3, -0.25) is 4.79 Å². The van der Waals surface area contributed by atoms with E-state index in [1.54, 1.807) is 0 Å². The molecule has 3 heteroatoms. The van der Waals surface area contributed by atoms with Crippen LogP contribution in [-0.4, -0.2) is 29.6 Å². The van der Waals surface area contributed by atoms with Crippen molar-refractivity contribution in [3.63, 3.8) is 0 Å². The number of amides is 1. The predicted octanol–water partition coefficient (Wildman–Crippen LogP) is 4.01. The summed E-state index contributed by atoms with van der Waals surface area (Å²) < 4.78 is 0. The second kappa shape index (κ2) is 7.56. The molecule has 1 heterocycles. The van der Waals surface area contributed by atoms with Gasteiger partial charge in [-0.25, -0.2) is 0 Å². The highest BCUT2D eigenvalue weighted by Gasteiger charge is 2.29. The van der Waals surface area contributed by atoms with Gasteiger partial charge in [0, 0.05) is 19.5 Å². The van der Waals surface area contributed by atoms with Crippen LogP contribution in [0.1, 0.15) is 59.8 Å². The zero-order valence-corrected chi connectivity index (χ0v) is 14.0. The smallest absolute Gasteiger partial charge is 0.222 e. The summed E-state index contributed by atoms with van der Waals surface area (Å²) in [5.74, 6) is 2.44.